The Labute approximate surface area is 182 Å². The van der Waals surface area contributed by atoms with Gasteiger partial charge < -0.3 is 21.4 Å². The molecule has 3 aromatic carbocycles. The fraction of sp³-hybridized carbons (Fsp3) is 0.0952. The fourth-order valence-corrected chi connectivity index (χ4v) is 3.90. The smallest absolute Gasteiger partial charge is 0.185 e. The Morgan fingerprint density at radius 1 is 0.931 bits per heavy atom. The van der Waals surface area contributed by atoms with Crippen molar-refractivity contribution >= 4 is 68.3 Å². The van der Waals surface area contributed by atoms with Crippen LogP contribution in [0.1, 0.15) is 0 Å². The van der Waals surface area contributed by atoms with Crippen LogP contribution in [-0.2, 0) is 0 Å². The lowest BCUT2D eigenvalue weighted by atomic mass is 9.99. The van der Waals surface area contributed by atoms with Crippen LogP contribution in [0.5, 0.6) is 0 Å². The highest BCUT2D eigenvalue weighted by Gasteiger charge is 2.15. The summed E-state index contributed by atoms with van der Waals surface area (Å²) < 4.78 is 0. The van der Waals surface area contributed by atoms with E-state index in [1.807, 2.05) is 36.4 Å². The van der Waals surface area contributed by atoms with Crippen LogP contribution in [0.25, 0.3) is 32.9 Å². The summed E-state index contributed by atoms with van der Waals surface area (Å²) in [7, 11) is 0. The first kappa shape index (κ1) is 19.7. The quantitative estimate of drug-likeness (QED) is 0.151. The number of nitrogens with one attached hydrogen (secondary N) is 4. The molecule has 0 unspecified atom stereocenters. The molecule has 29 heavy (non-hydrogen) atoms. The maximum absolute atomic E-state index is 7.28. The number of anilines is 1. The summed E-state index contributed by atoms with van der Waals surface area (Å²) in [6, 6.07) is 15.5. The molecular weight excluding hydrogens is 429 g/mol. The summed E-state index contributed by atoms with van der Waals surface area (Å²) in [5.41, 5.74) is 10.2. The van der Waals surface area contributed by atoms with Gasteiger partial charge >= 0.3 is 0 Å². The number of aromatic amines is 1. The van der Waals surface area contributed by atoms with Crippen LogP contribution in [0.15, 0.2) is 48.5 Å². The fourth-order valence-electron chi connectivity index (χ4n) is 3.43. The van der Waals surface area contributed by atoms with Gasteiger partial charge in [-0.05, 0) is 42.0 Å². The monoisotopic (exact) mass is 445 g/mol. The van der Waals surface area contributed by atoms with Crippen molar-refractivity contribution in [2.45, 2.75) is 0 Å². The summed E-state index contributed by atoms with van der Waals surface area (Å²) in [4.78, 5) is 3.51. The Balaban J connectivity index is 1.88. The topological polar surface area (TPSA) is 89.7 Å². The molecule has 4 rings (SSSR count). The third-order valence-electron chi connectivity index (χ3n) is 4.70. The Kier molecular flexibility index (Phi) is 5.46. The maximum atomic E-state index is 7.28. The summed E-state index contributed by atoms with van der Waals surface area (Å²) in [6.07, 6.45) is 0. The molecule has 4 aromatic rings. The molecule has 1 aromatic heterocycles. The predicted molar refractivity (Wildman–Crippen MR) is 125 cm³/mol. The van der Waals surface area contributed by atoms with Crippen molar-refractivity contribution in [3.63, 3.8) is 0 Å². The van der Waals surface area contributed by atoms with E-state index in [1.165, 1.54) is 0 Å². The Hall–Kier alpha value is -2.60. The van der Waals surface area contributed by atoms with Crippen LogP contribution in [-0.4, -0.2) is 24.0 Å². The lowest BCUT2D eigenvalue weighted by Gasteiger charge is -2.15. The summed E-state index contributed by atoms with van der Waals surface area (Å²) >= 11 is 18.6. The van der Waals surface area contributed by atoms with E-state index in [0.717, 1.165) is 38.6 Å². The summed E-state index contributed by atoms with van der Waals surface area (Å²) in [5.74, 6) is -0.0561. The van der Waals surface area contributed by atoms with Gasteiger partial charge in [0.2, 0.25) is 0 Å². The molecule has 0 aliphatic heterocycles. The molecular formula is C21H18Cl3N5. The minimum absolute atomic E-state index is 0.0561. The van der Waals surface area contributed by atoms with E-state index in [0.29, 0.717) is 28.2 Å². The van der Waals surface area contributed by atoms with Crippen molar-refractivity contribution in [3.05, 3.63) is 63.6 Å². The Bertz CT molecular complexity index is 1230. The second kappa shape index (κ2) is 8.03. The van der Waals surface area contributed by atoms with Crippen molar-refractivity contribution in [2.24, 2.45) is 5.73 Å². The average Bonchev–Trinajstić information content (AvgIpc) is 3.05. The second-order valence-electron chi connectivity index (χ2n) is 6.62. The molecule has 0 aliphatic rings. The maximum Gasteiger partial charge on any atom is 0.185 e. The van der Waals surface area contributed by atoms with E-state index < -0.39 is 0 Å². The molecule has 0 fully saturated rings. The SMILES string of the molecule is N=C(N)NCCNc1ccc2c([nH]c3ccc(Cl)cc32)c1-c1ccc(Cl)c(Cl)c1. The molecule has 0 saturated carbocycles. The van der Waals surface area contributed by atoms with Crippen molar-refractivity contribution < 1.29 is 0 Å². The number of guanidine groups is 1. The number of hydrogen-bond acceptors (Lipinski definition) is 2. The molecule has 1 heterocycles. The third-order valence-corrected chi connectivity index (χ3v) is 5.68. The Morgan fingerprint density at radius 2 is 1.76 bits per heavy atom. The molecule has 0 atom stereocenters. The molecule has 0 amide bonds. The van der Waals surface area contributed by atoms with Gasteiger partial charge in [0, 0.05) is 45.7 Å². The first-order valence-corrected chi connectivity index (χ1v) is 10.1. The van der Waals surface area contributed by atoms with Gasteiger partial charge in [0.1, 0.15) is 0 Å². The third kappa shape index (κ3) is 3.94. The second-order valence-corrected chi connectivity index (χ2v) is 7.87. The molecule has 6 N–H and O–H groups in total. The molecule has 0 bridgehead atoms. The number of benzene rings is 3. The van der Waals surface area contributed by atoms with Crippen LogP contribution < -0.4 is 16.4 Å². The summed E-state index contributed by atoms with van der Waals surface area (Å²) in [6.45, 7) is 1.11. The van der Waals surface area contributed by atoms with Crippen LogP contribution in [0.4, 0.5) is 5.69 Å². The minimum atomic E-state index is -0.0561. The van der Waals surface area contributed by atoms with Gasteiger partial charge in [0.25, 0.3) is 0 Å². The van der Waals surface area contributed by atoms with Crippen LogP contribution in [0.3, 0.4) is 0 Å². The first-order chi connectivity index (χ1) is 13.9. The Morgan fingerprint density at radius 3 is 2.52 bits per heavy atom. The summed E-state index contributed by atoms with van der Waals surface area (Å²) in [5, 5.41) is 17.3. The molecule has 0 radical (unpaired) electrons. The molecule has 5 nitrogen and oxygen atoms in total. The lowest BCUT2D eigenvalue weighted by Crippen LogP contribution is -2.33. The van der Waals surface area contributed by atoms with Gasteiger partial charge in [-0.2, -0.15) is 0 Å². The molecule has 0 spiro atoms. The lowest BCUT2D eigenvalue weighted by molar-refractivity contribution is 0.892. The van der Waals surface area contributed by atoms with Gasteiger partial charge in [0.05, 0.1) is 15.6 Å². The van der Waals surface area contributed by atoms with Gasteiger partial charge in [-0.25, -0.2) is 0 Å². The van der Waals surface area contributed by atoms with E-state index in [-0.39, 0.29) is 5.96 Å². The number of halogens is 3. The number of H-pyrrole nitrogens is 1. The van der Waals surface area contributed by atoms with Crippen LogP contribution >= 0.6 is 34.8 Å². The van der Waals surface area contributed by atoms with Crippen LogP contribution in [0, 0.1) is 5.41 Å². The predicted octanol–water partition coefficient (Wildman–Crippen LogP) is 5.84. The highest BCUT2D eigenvalue weighted by Crippen LogP contribution is 2.40. The zero-order valence-corrected chi connectivity index (χ0v) is 17.5. The van der Waals surface area contributed by atoms with Crippen molar-refractivity contribution in [2.75, 3.05) is 18.4 Å². The first-order valence-electron chi connectivity index (χ1n) is 8.95. The molecule has 8 heteroatoms. The number of fused-ring (bicyclic) bond motifs is 3. The van der Waals surface area contributed by atoms with Gasteiger partial charge in [0.15, 0.2) is 5.96 Å². The average molecular weight is 447 g/mol. The minimum Gasteiger partial charge on any atom is -0.383 e. The zero-order chi connectivity index (χ0) is 20.5. The highest BCUT2D eigenvalue weighted by molar-refractivity contribution is 6.42. The molecule has 0 saturated heterocycles. The number of hydrogen-bond donors (Lipinski definition) is 5. The highest BCUT2D eigenvalue weighted by atomic mass is 35.5. The van der Waals surface area contributed by atoms with Crippen molar-refractivity contribution in [3.8, 4) is 11.1 Å². The zero-order valence-electron chi connectivity index (χ0n) is 15.2. The van der Waals surface area contributed by atoms with Gasteiger partial charge in [-0.3, -0.25) is 5.41 Å². The van der Waals surface area contributed by atoms with Crippen LogP contribution in [0.2, 0.25) is 15.1 Å². The largest absolute Gasteiger partial charge is 0.383 e. The van der Waals surface area contributed by atoms with E-state index in [9.17, 15) is 0 Å². The normalized spacial score (nSPS) is 11.1. The molecule has 0 aliphatic carbocycles. The van der Waals surface area contributed by atoms with Crippen molar-refractivity contribution in [1.29, 1.82) is 5.41 Å². The van der Waals surface area contributed by atoms with Gasteiger partial charge in [-0.15, -0.1) is 0 Å². The molecule has 148 valence electrons. The standard InChI is InChI=1S/C21H18Cl3N5/c22-12-2-5-17-14(10-12)13-3-6-18(27-7-8-28-21(25)26)19(20(13)29-17)11-1-4-15(23)16(24)9-11/h1-6,9-10,27,29H,7-8H2,(H4,25,26,28). The number of aromatic nitrogens is 1. The van der Waals surface area contributed by atoms with E-state index in [4.69, 9.17) is 45.9 Å². The van der Waals surface area contributed by atoms with Gasteiger partial charge in [-0.1, -0.05) is 46.9 Å². The van der Waals surface area contributed by atoms with Crippen molar-refractivity contribution in [1.82, 2.24) is 10.3 Å². The van der Waals surface area contributed by atoms with E-state index in [2.05, 4.69) is 21.7 Å². The number of rotatable bonds is 5. The number of nitrogens with two attached hydrogens (primary N) is 1. The van der Waals surface area contributed by atoms with E-state index >= 15 is 0 Å². The van der Waals surface area contributed by atoms with E-state index in [1.54, 1.807) is 6.07 Å².